The molecule has 0 atom stereocenters. The Morgan fingerprint density at radius 3 is 2.11 bits per heavy atom. The van der Waals surface area contributed by atoms with Gasteiger partial charge in [0.1, 0.15) is 0 Å². The quantitative estimate of drug-likeness (QED) is 0.490. The minimum Gasteiger partial charge on any atom is -0.464 e. The second-order valence-electron chi connectivity index (χ2n) is 3.12. The Balaban J connectivity index is 2.98. The van der Waals surface area contributed by atoms with E-state index in [1.54, 1.807) is 0 Å². The topological polar surface area (TPSA) is 107 Å². The number of carbonyl (C=O) groups excluding carboxylic acids is 3. The molecule has 0 aliphatic carbocycles. The first-order chi connectivity index (χ1) is 8.13. The molecule has 0 aromatic heterocycles. The maximum Gasteiger partial charge on any atom is 0.467 e. The lowest BCUT2D eigenvalue weighted by molar-refractivity contribution is -0.169. The molecule has 1 aliphatic rings. The van der Waals surface area contributed by atoms with Crippen molar-refractivity contribution in [1.82, 2.24) is 5.06 Å². The molecule has 0 aromatic carbocycles. The first-order valence-corrected chi connectivity index (χ1v) is 5.80. The molecule has 18 heavy (non-hydrogen) atoms. The maximum absolute atomic E-state index is 13.1. The molecule has 0 aromatic rings. The lowest BCUT2D eigenvalue weighted by Crippen LogP contribution is -2.44. The van der Waals surface area contributed by atoms with E-state index in [0.717, 1.165) is 0 Å². The molecular formula is C7H7F2NO7S. The van der Waals surface area contributed by atoms with Crippen LogP contribution in [-0.2, 0) is 33.5 Å². The number of amides is 2. The van der Waals surface area contributed by atoms with Crippen molar-refractivity contribution in [2.45, 2.75) is 18.1 Å². The number of esters is 1. The summed E-state index contributed by atoms with van der Waals surface area (Å²) >= 11 is 0. The fraction of sp³-hybridized carbons (Fsp3) is 0.571. The Hall–Kier alpha value is -1.62. The van der Waals surface area contributed by atoms with Gasteiger partial charge < -0.3 is 4.74 Å². The van der Waals surface area contributed by atoms with Crippen LogP contribution in [0.5, 0.6) is 0 Å². The van der Waals surface area contributed by atoms with Crippen LogP contribution in [0.2, 0.25) is 0 Å². The van der Waals surface area contributed by atoms with Crippen molar-refractivity contribution in [2.24, 2.45) is 0 Å². The molecule has 1 aliphatic heterocycles. The Kier molecular flexibility index (Phi) is 3.67. The summed E-state index contributed by atoms with van der Waals surface area (Å²) in [5, 5.41) is -5.34. The molecule has 0 bridgehead atoms. The Morgan fingerprint density at radius 1 is 1.28 bits per heavy atom. The van der Waals surface area contributed by atoms with Crippen LogP contribution in [0.4, 0.5) is 8.78 Å². The van der Waals surface area contributed by atoms with Crippen molar-refractivity contribution in [2.75, 3.05) is 7.11 Å². The van der Waals surface area contributed by atoms with E-state index in [2.05, 4.69) is 9.02 Å². The first kappa shape index (κ1) is 14.4. The average molecular weight is 287 g/mol. The fourth-order valence-corrected chi connectivity index (χ4v) is 1.75. The van der Waals surface area contributed by atoms with E-state index in [1.807, 2.05) is 0 Å². The van der Waals surface area contributed by atoms with Gasteiger partial charge in [0.25, 0.3) is 11.8 Å². The van der Waals surface area contributed by atoms with Gasteiger partial charge >= 0.3 is 21.3 Å². The van der Waals surface area contributed by atoms with Crippen LogP contribution in [0.1, 0.15) is 12.8 Å². The third-order valence-electron chi connectivity index (χ3n) is 1.92. The fourth-order valence-electron chi connectivity index (χ4n) is 1.00. The average Bonchev–Trinajstić information content (AvgIpc) is 2.59. The SMILES string of the molecule is COC(=O)C(F)(F)S(=O)(=O)ON1C(=O)CCC1=O. The second kappa shape index (κ2) is 4.57. The van der Waals surface area contributed by atoms with Crippen molar-refractivity contribution in [3.05, 3.63) is 0 Å². The highest BCUT2D eigenvalue weighted by Crippen LogP contribution is 2.27. The second-order valence-corrected chi connectivity index (χ2v) is 4.69. The van der Waals surface area contributed by atoms with Crippen LogP contribution < -0.4 is 0 Å². The zero-order valence-electron chi connectivity index (χ0n) is 8.88. The van der Waals surface area contributed by atoms with Gasteiger partial charge in [-0.25, -0.2) is 4.79 Å². The molecule has 8 nitrogen and oxygen atoms in total. The van der Waals surface area contributed by atoms with Crippen LogP contribution in [0, 0.1) is 0 Å². The third kappa shape index (κ3) is 2.31. The predicted molar refractivity (Wildman–Crippen MR) is 48.1 cm³/mol. The van der Waals surface area contributed by atoms with Gasteiger partial charge in [-0.2, -0.15) is 17.2 Å². The molecule has 1 fully saturated rings. The summed E-state index contributed by atoms with van der Waals surface area (Å²) < 4.78 is 55.5. The van der Waals surface area contributed by atoms with Crippen LogP contribution >= 0.6 is 0 Å². The van der Waals surface area contributed by atoms with Crippen LogP contribution in [-0.4, -0.2) is 43.6 Å². The molecule has 2 amide bonds. The highest BCUT2D eigenvalue weighted by molar-refractivity contribution is 7.88. The van der Waals surface area contributed by atoms with Gasteiger partial charge in [-0.3, -0.25) is 9.59 Å². The van der Waals surface area contributed by atoms with Gasteiger partial charge in [0.15, 0.2) is 0 Å². The van der Waals surface area contributed by atoms with E-state index in [-0.39, 0.29) is 17.9 Å². The molecule has 1 rings (SSSR count). The molecular weight excluding hydrogens is 280 g/mol. The molecule has 1 heterocycles. The Labute approximate surface area is 99.5 Å². The van der Waals surface area contributed by atoms with Crippen molar-refractivity contribution < 1.29 is 40.6 Å². The maximum atomic E-state index is 13.1. The number of halogens is 2. The molecule has 0 saturated carbocycles. The number of hydroxylamine groups is 2. The van der Waals surface area contributed by atoms with E-state index in [1.165, 1.54) is 0 Å². The monoisotopic (exact) mass is 287 g/mol. The van der Waals surface area contributed by atoms with Gasteiger partial charge in [0.2, 0.25) is 0 Å². The van der Waals surface area contributed by atoms with Gasteiger partial charge in [-0.05, 0) is 0 Å². The molecule has 11 heteroatoms. The number of nitrogens with zero attached hydrogens (tertiary/aromatic N) is 1. The highest BCUT2D eigenvalue weighted by atomic mass is 32.2. The zero-order chi connectivity index (χ0) is 14.1. The number of carbonyl (C=O) groups is 3. The number of ether oxygens (including phenoxy) is 1. The number of alkyl halides is 2. The lowest BCUT2D eigenvalue weighted by atomic mass is 10.4. The lowest BCUT2D eigenvalue weighted by Gasteiger charge is -2.17. The summed E-state index contributed by atoms with van der Waals surface area (Å²) in [7, 11) is -5.30. The predicted octanol–water partition coefficient (Wildman–Crippen LogP) is -0.837. The minimum atomic E-state index is -5.84. The smallest absolute Gasteiger partial charge is 0.464 e. The van der Waals surface area contributed by atoms with Crippen LogP contribution in [0.25, 0.3) is 0 Å². The molecule has 0 radical (unpaired) electrons. The first-order valence-electron chi connectivity index (χ1n) is 4.39. The zero-order valence-corrected chi connectivity index (χ0v) is 9.70. The van der Waals surface area contributed by atoms with E-state index in [0.29, 0.717) is 7.11 Å². The van der Waals surface area contributed by atoms with Crippen LogP contribution in [0.15, 0.2) is 0 Å². The Bertz CT molecular complexity index is 484. The van der Waals surface area contributed by atoms with Gasteiger partial charge in [-0.1, -0.05) is 0 Å². The third-order valence-corrected chi connectivity index (χ3v) is 3.06. The number of hydrogen-bond acceptors (Lipinski definition) is 7. The van der Waals surface area contributed by atoms with E-state index >= 15 is 0 Å². The number of rotatable bonds is 4. The number of imide groups is 1. The number of hydrogen-bond donors (Lipinski definition) is 0. The van der Waals surface area contributed by atoms with Crippen molar-refractivity contribution in [3.63, 3.8) is 0 Å². The van der Waals surface area contributed by atoms with E-state index in [9.17, 15) is 31.6 Å². The molecule has 102 valence electrons. The van der Waals surface area contributed by atoms with Gasteiger partial charge in [0, 0.05) is 12.8 Å². The van der Waals surface area contributed by atoms with Gasteiger partial charge in [-0.15, -0.1) is 9.35 Å². The molecule has 1 saturated heterocycles. The van der Waals surface area contributed by atoms with Gasteiger partial charge in [0.05, 0.1) is 7.11 Å². The molecule has 0 unspecified atom stereocenters. The van der Waals surface area contributed by atoms with Crippen molar-refractivity contribution >= 4 is 27.9 Å². The summed E-state index contributed by atoms with van der Waals surface area (Å²) in [5.41, 5.74) is 0. The summed E-state index contributed by atoms with van der Waals surface area (Å²) in [6.07, 6.45) is -0.726. The number of methoxy groups -OCH3 is 1. The Morgan fingerprint density at radius 2 is 1.72 bits per heavy atom. The van der Waals surface area contributed by atoms with Crippen molar-refractivity contribution in [1.29, 1.82) is 0 Å². The summed E-state index contributed by atoms with van der Waals surface area (Å²) in [4.78, 5) is 32.6. The largest absolute Gasteiger partial charge is 0.467 e. The molecule has 0 spiro atoms. The summed E-state index contributed by atoms with van der Waals surface area (Å²) in [5.74, 6) is -4.57. The molecule has 0 N–H and O–H groups in total. The normalized spacial score (nSPS) is 17.2. The summed E-state index contributed by atoms with van der Waals surface area (Å²) in [6, 6.07) is 0. The van der Waals surface area contributed by atoms with Crippen molar-refractivity contribution in [3.8, 4) is 0 Å². The standard InChI is InChI=1S/C7H7F2NO7S/c1-16-6(13)7(8,9)18(14,15)17-10-4(11)2-3-5(10)12/h2-3H2,1H3. The van der Waals surface area contributed by atoms with E-state index < -0.39 is 33.2 Å². The highest BCUT2D eigenvalue weighted by Gasteiger charge is 2.58. The summed E-state index contributed by atoms with van der Waals surface area (Å²) in [6.45, 7) is 0. The van der Waals surface area contributed by atoms with E-state index in [4.69, 9.17) is 0 Å². The van der Waals surface area contributed by atoms with Crippen LogP contribution in [0.3, 0.4) is 0 Å². The minimum absolute atomic E-state index is 0.313.